The van der Waals surface area contributed by atoms with E-state index < -0.39 is 29.9 Å². The van der Waals surface area contributed by atoms with Gasteiger partial charge in [0, 0.05) is 0 Å². The third-order valence-electron chi connectivity index (χ3n) is 1.10. The average molecular weight is 262 g/mol. The summed E-state index contributed by atoms with van der Waals surface area (Å²) in [5.74, 6) is -13.4. The van der Waals surface area contributed by atoms with Crippen molar-refractivity contribution < 1.29 is 43.9 Å². The number of allylic oxidation sites excluding steroid dienone is 1. The van der Waals surface area contributed by atoms with E-state index in [2.05, 4.69) is 0 Å². The van der Waals surface area contributed by atoms with Gasteiger partial charge in [0.15, 0.2) is 0 Å². The SMILES string of the molecule is FC(=C=C(F)C(F)(F)C(F)(F)F)C(F)(F)F. The predicted molar refractivity (Wildman–Crippen MR) is 29.8 cm³/mol. The van der Waals surface area contributed by atoms with Crippen LogP contribution >= 0.6 is 0 Å². The van der Waals surface area contributed by atoms with Crippen molar-refractivity contribution in [3.8, 4) is 0 Å². The molecule has 0 aromatic carbocycles. The van der Waals surface area contributed by atoms with Crippen molar-refractivity contribution in [2.75, 3.05) is 0 Å². The lowest BCUT2D eigenvalue weighted by atomic mass is 10.3. The molecule has 0 saturated heterocycles. The highest BCUT2D eigenvalue weighted by Crippen LogP contribution is 2.41. The lowest BCUT2D eigenvalue weighted by molar-refractivity contribution is -0.270. The van der Waals surface area contributed by atoms with Crippen LogP contribution in [-0.2, 0) is 0 Å². The highest BCUT2D eigenvalue weighted by Gasteiger charge is 2.61. The van der Waals surface area contributed by atoms with Crippen molar-refractivity contribution in [2.24, 2.45) is 0 Å². The average Bonchev–Trinajstić information content (AvgIpc) is 1.99. The molecular weight excluding hydrogens is 262 g/mol. The van der Waals surface area contributed by atoms with Crippen molar-refractivity contribution in [3.05, 3.63) is 17.4 Å². The summed E-state index contributed by atoms with van der Waals surface area (Å²) in [5.41, 5.74) is -0.328. The summed E-state index contributed by atoms with van der Waals surface area (Å²) < 4.78 is 116. The van der Waals surface area contributed by atoms with Crippen LogP contribution in [0.2, 0.25) is 0 Å². The molecule has 0 nitrogen and oxygen atoms in total. The van der Waals surface area contributed by atoms with Crippen LogP contribution in [0.3, 0.4) is 0 Å². The Labute approximate surface area is 80.8 Å². The van der Waals surface area contributed by atoms with E-state index in [-0.39, 0.29) is 5.73 Å². The first kappa shape index (κ1) is 14.8. The molecule has 10 heteroatoms. The van der Waals surface area contributed by atoms with Gasteiger partial charge >= 0.3 is 18.3 Å². The fraction of sp³-hybridized carbons (Fsp3) is 0.500. The van der Waals surface area contributed by atoms with E-state index in [1.807, 2.05) is 0 Å². The van der Waals surface area contributed by atoms with Gasteiger partial charge in [-0.1, -0.05) is 0 Å². The van der Waals surface area contributed by atoms with E-state index in [1.54, 1.807) is 0 Å². The van der Waals surface area contributed by atoms with Crippen molar-refractivity contribution >= 4 is 0 Å². The van der Waals surface area contributed by atoms with E-state index in [9.17, 15) is 43.9 Å². The molecule has 0 fully saturated rings. The van der Waals surface area contributed by atoms with Crippen LogP contribution in [0.4, 0.5) is 43.9 Å². The molecule has 0 aromatic heterocycles. The first-order chi connectivity index (χ1) is 6.80. The van der Waals surface area contributed by atoms with Gasteiger partial charge in [0.05, 0.1) is 0 Å². The maximum Gasteiger partial charge on any atom is 0.461 e. The molecule has 0 aliphatic carbocycles. The molecule has 16 heavy (non-hydrogen) atoms. The molecule has 0 saturated carbocycles. The molecule has 0 bridgehead atoms. The fourth-order valence-electron chi connectivity index (χ4n) is 0.370. The Bertz CT molecular complexity index is 322. The molecular formula is C6F10. The van der Waals surface area contributed by atoms with Gasteiger partial charge in [0.25, 0.3) is 0 Å². The summed E-state index contributed by atoms with van der Waals surface area (Å²) >= 11 is 0. The van der Waals surface area contributed by atoms with Gasteiger partial charge in [-0.05, 0) is 5.73 Å². The molecule has 0 aromatic rings. The summed E-state index contributed by atoms with van der Waals surface area (Å²) in [6.07, 6.45) is -12.4. The van der Waals surface area contributed by atoms with Crippen LogP contribution in [0.25, 0.3) is 0 Å². The number of rotatable bonds is 1. The minimum atomic E-state index is -6.48. The Hall–Kier alpha value is -1.18. The summed E-state index contributed by atoms with van der Waals surface area (Å²) in [7, 11) is 0. The van der Waals surface area contributed by atoms with Crippen molar-refractivity contribution in [3.63, 3.8) is 0 Å². The maximum atomic E-state index is 12.0. The summed E-state index contributed by atoms with van der Waals surface area (Å²) in [6, 6.07) is 0. The van der Waals surface area contributed by atoms with Crippen LogP contribution < -0.4 is 0 Å². The Balaban J connectivity index is 5.54. The van der Waals surface area contributed by atoms with Gasteiger partial charge in [-0.25, -0.2) is 0 Å². The molecule has 0 heterocycles. The highest BCUT2D eigenvalue weighted by atomic mass is 19.4. The second kappa shape index (κ2) is 4.00. The Kier molecular flexibility index (Phi) is 3.71. The first-order valence-corrected chi connectivity index (χ1v) is 3.14. The molecule has 0 aliphatic rings. The van der Waals surface area contributed by atoms with Crippen LogP contribution in [0, 0.1) is 0 Å². The molecule has 0 amide bonds. The number of alkyl halides is 8. The number of halogens is 10. The zero-order valence-electron chi connectivity index (χ0n) is 6.78. The Morgan fingerprint density at radius 2 is 1.06 bits per heavy atom. The smallest absolute Gasteiger partial charge is 0.195 e. The molecule has 0 spiro atoms. The van der Waals surface area contributed by atoms with Gasteiger partial charge in [0.2, 0.25) is 11.7 Å². The summed E-state index contributed by atoms with van der Waals surface area (Å²) in [5, 5.41) is 0. The van der Waals surface area contributed by atoms with E-state index >= 15 is 0 Å². The maximum absolute atomic E-state index is 12.0. The van der Waals surface area contributed by atoms with Crippen LogP contribution in [0.5, 0.6) is 0 Å². The molecule has 0 aliphatic heterocycles. The van der Waals surface area contributed by atoms with Crippen molar-refractivity contribution in [1.82, 2.24) is 0 Å². The van der Waals surface area contributed by atoms with E-state index in [4.69, 9.17) is 0 Å². The highest BCUT2D eigenvalue weighted by molar-refractivity contribution is 5.11. The zero-order valence-corrected chi connectivity index (χ0v) is 6.78. The largest absolute Gasteiger partial charge is 0.461 e. The molecule has 0 atom stereocenters. The molecule has 0 N–H and O–H groups in total. The molecule has 0 unspecified atom stereocenters. The van der Waals surface area contributed by atoms with Gasteiger partial charge in [-0.15, -0.1) is 0 Å². The van der Waals surface area contributed by atoms with E-state index in [0.717, 1.165) is 0 Å². The van der Waals surface area contributed by atoms with Crippen LogP contribution in [-0.4, -0.2) is 18.3 Å². The Morgan fingerprint density at radius 3 is 1.31 bits per heavy atom. The molecule has 0 rings (SSSR count). The predicted octanol–water partition coefficient (Wildman–Crippen LogP) is 4.05. The minimum absolute atomic E-state index is 0.328. The van der Waals surface area contributed by atoms with Gasteiger partial charge in [0.1, 0.15) is 0 Å². The second-order valence-corrected chi connectivity index (χ2v) is 2.32. The number of hydrogen-bond acceptors (Lipinski definition) is 0. The third-order valence-corrected chi connectivity index (χ3v) is 1.10. The lowest BCUT2D eigenvalue weighted by Gasteiger charge is -2.16. The van der Waals surface area contributed by atoms with Crippen molar-refractivity contribution in [1.29, 1.82) is 0 Å². The quantitative estimate of drug-likeness (QED) is 0.494. The van der Waals surface area contributed by atoms with Gasteiger partial charge < -0.3 is 0 Å². The van der Waals surface area contributed by atoms with Gasteiger partial charge in [-0.3, -0.25) is 0 Å². The lowest BCUT2D eigenvalue weighted by Crippen LogP contribution is -2.36. The first-order valence-electron chi connectivity index (χ1n) is 3.14. The molecule has 0 radical (unpaired) electrons. The van der Waals surface area contributed by atoms with Crippen molar-refractivity contribution in [2.45, 2.75) is 18.3 Å². The summed E-state index contributed by atoms with van der Waals surface area (Å²) in [6.45, 7) is 0. The second-order valence-electron chi connectivity index (χ2n) is 2.32. The topological polar surface area (TPSA) is 0 Å². The van der Waals surface area contributed by atoms with Crippen LogP contribution in [0.15, 0.2) is 17.4 Å². The minimum Gasteiger partial charge on any atom is -0.195 e. The zero-order chi connectivity index (χ0) is 13.4. The normalized spacial score (nSPS) is 13.4. The van der Waals surface area contributed by atoms with Gasteiger partial charge in [-0.2, -0.15) is 43.9 Å². The Morgan fingerprint density at radius 1 is 0.688 bits per heavy atom. The standard InChI is InChI=1S/C6F10/c7-2(1-3(8)5(11,12)13)4(9,10)6(14,15)16. The molecule has 94 valence electrons. The number of hydrogen-bond donors (Lipinski definition) is 0. The summed E-state index contributed by atoms with van der Waals surface area (Å²) in [4.78, 5) is 0. The third kappa shape index (κ3) is 3.16. The monoisotopic (exact) mass is 262 g/mol. The van der Waals surface area contributed by atoms with Crippen LogP contribution in [0.1, 0.15) is 0 Å². The van der Waals surface area contributed by atoms with E-state index in [0.29, 0.717) is 0 Å². The van der Waals surface area contributed by atoms with E-state index in [1.165, 1.54) is 0 Å². The fourth-order valence-corrected chi connectivity index (χ4v) is 0.370.